The zero-order valence-electron chi connectivity index (χ0n) is 13.6. The van der Waals surface area contributed by atoms with E-state index >= 15 is 0 Å². The maximum Gasteiger partial charge on any atom is 0.247 e. The molecular formula is C18H30N2O2. The fourth-order valence-corrected chi connectivity index (χ4v) is 4.17. The number of likely N-dealkylation sites (tertiary alicyclic amines) is 1. The van der Waals surface area contributed by atoms with Crippen molar-refractivity contribution in [3.63, 3.8) is 0 Å². The first-order chi connectivity index (χ1) is 10.6. The lowest BCUT2D eigenvalue weighted by atomic mass is 9.84. The molecule has 1 saturated heterocycles. The second-order valence-electron chi connectivity index (χ2n) is 7.43. The van der Waals surface area contributed by atoms with E-state index in [1.807, 2.05) is 0 Å². The van der Waals surface area contributed by atoms with Crippen molar-refractivity contribution >= 4 is 5.91 Å². The number of carbonyl (C=O) groups excluding carboxylic acids is 1. The van der Waals surface area contributed by atoms with Gasteiger partial charge in [-0.2, -0.15) is 0 Å². The van der Waals surface area contributed by atoms with Gasteiger partial charge < -0.3 is 15.3 Å². The number of nitrogens with one attached hydrogen (secondary N) is 1. The molecule has 1 amide bonds. The number of allylic oxidation sites excluding steroid dienone is 1. The van der Waals surface area contributed by atoms with E-state index in [1.165, 1.54) is 6.42 Å². The number of piperidine rings is 1. The van der Waals surface area contributed by atoms with E-state index < -0.39 is 5.60 Å². The zero-order chi connectivity index (χ0) is 15.4. The quantitative estimate of drug-likeness (QED) is 0.838. The zero-order valence-corrected chi connectivity index (χ0v) is 13.6. The molecule has 0 unspecified atom stereocenters. The van der Waals surface area contributed by atoms with Gasteiger partial charge in [0.05, 0.1) is 5.60 Å². The Kier molecular flexibility index (Phi) is 5.19. The Morgan fingerprint density at radius 3 is 2.59 bits per heavy atom. The summed E-state index contributed by atoms with van der Waals surface area (Å²) in [7, 11) is 0. The molecular weight excluding hydrogens is 276 g/mol. The maximum absolute atomic E-state index is 12.1. The number of nitrogens with zero attached hydrogens (tertiary/aromatic N) is 1. The number of rotatable bonds is 4. The van der Waals surface area contributed by atoms with Crippen LogP contribution in [0.3, 0.4) is 0 Å². The summed E-state index contributed by atoms with van der Waals surface area (Å²) in [6, 6.07) is 0.311. The van der Waals surface area contributed by atoms with Gasteiger partial charge in [-0.3, -0.25) is 4.79 Å². The van der Waals surface area contributed by atoms with Crippen LogP contribution < -0.4 is 5.32 Å². The third kappa shape index (κ3) is 4.11. The predicted molar refractivity (Wildman–Crippen MR) is 87.6 cm³/mol. The summed E-state index contributed by atoms with van der Waals surface area (Å²) in [6.45, 7) is 2.80. The van der Waals surface area contributed by atoms with Gasteiger partial charge in [-0.25, -0.2) is 0 Å². The van der Waals surface area contributed by atoms with Crippen LogP contribution in [0.1, 0.15) is 64.2 Å². The fraction of sp³-hybridized carbons (Fsp3) is 0.833. The molecule has 2 fully saturated rings. The van der Waals surface area contributed by atoms with Crippen molar-refractivity contribution < 1.29 is 9.90 Å². The van der Waals surface area contributed by atoms with Crippen molar-refractivity contribution in [1.29, 1.82) is 0 Å². The van der Waals surface area contributed by atoms with Crippen LogP contribution in [-0.2, 0) is 4.79 Å². The van der Waals surface area contributed by atoms with Gasteiger partial charge in [0.2, 0.25) is 5.91 Å². The second kappa shape index (κ2) is 7.14. The van der Waals surface area contributed by atoms with Crippen LogP contribution in [0.2, 0.25) is 0 Å². The van der Waals surface area contributed by atoms with E-state index in [2.05, 4.69) is 16.3 Å². The first kappa shape index (κ1) is 16.0. The van der Waals surface area contributed by atoms with Gasteiger partial charge in [-0.1, -0.05) is 25.3 Å². The standard InChI is InChI=1S/C18H30N2O2/c21-17(15-6-2-3-7-15)19-16-8-12-20(13-9-16)14-18(22)10-4-1-5-11-18/h6,16,22H,1-5,7-14H2,(H,19,21). The Hall–Kier alpha value is -0.870. The molecule has 4 nitrogen and oxygen atoms in total. The van der Waals surface area contributed by atoms with Crippen molar-refractivity contribution in [3.05, 3.63) is 11.6 Å². The summed E-state index contributed by atoms with van der Waals surface area (Å²) in [5, 5.41) is 13.9. The molecule has 1 saturated carbocycles. The molecule has 1 aliphatic heterocycles. The van der Waals surface area contributed by atoms with Crippen LogP contribution in [0.5, 0.6) is 0 Å². The predicted octanol–water partition coefficient (Wildman–Crippen LogP) is 2.37. The molecule has 0 aromatic rings. The minimum atomic E-state index is -0.455. The largest absolute Gasteiger partial charge is 0.389 e. The van der Waals surface area contributed by atoms with Crippen molar-refractivity contribution in [2.45, 2.75) is 75.9 Å². The Morgan fingerprint density at radius 2 is 1.95 bits per heavy atom. The Bertz CT molecular complexity index is 419. The highest BCUT2D eigenvalue weighted by Gasteiger charge is 2.33. The first-order valence-corrected chi connectivity index (χ1v) is 9.09. The van der Waals surface area contributed by atoms with Crippen molar-refractivity contribution in [3.8, 4) is 0 Å². The molecule has 0 bridgehead atoms. The average molecular weight is 306 g/mol. The third-order valence-corrected chi connectivity index (χ3v) is 5.56. The molecule has 22 heavy (non-hydrogen) atoms. The van der Waals surface area contributed by atoms with Crippen LogP contribution >= 0.6 is 0 Å². The van der Waals surface area contributed by atoms with E-state index in [4.69, 9.17) is 0 Å². The van der Waals surface area contributed by atoms with E-state index in [-0.39, 0.29) is 5.91 Å². The van der Waals surface area contributed by atoms with Gasteiger partial charge in [-0.15, -0.1) is 0 Å². The number of hydrogen-bond acceptors (Lipinski definition) is 3. The highest BCUT2D eigenvalue weighted by molar-refractivity contribution is 5.93. The molecule has 124 valence electrons. The summed E-state index contributed by atoms with van der Waals surface area (Å²) in [5.74, 6) is 0.154. The maximum atomic E-state index is 12.1. The molecule has 2 N–H and O–H groups in total. The fourth-order valence-electron chi connectivity index (χ4n) is 4.17. The summed E-state index contributed by atoms with van der Waals surface area (Å²) in [4.78, 5) is 14.5. The lowest BCUT2D eigenvalue weighted by Gasteiger charge is -2.40. The Labute approximate surface area is 134 Å². The highest BCUT2D eigenvalue weighted by Crippen LogP contribution is 2.29. The smallest absolute Gasteiger partial charge is 0.247 e. The monoisotopic (exact) mass is 306 g/mol. The number of aliphatic hydroxyl groups is 1. The molecule has 3 aliphatic rings. The van der Waals surface area contributed by atoms with Gasteiger partial charge in [-0.05, 0) is 44.9 Å². The molecule has 0 atom stereocenters. The Morgan fingerprint density at radius 1 is 1.23 bits per heavy atom. The normalized spacial score (nSPS) is 26.7. The minimum absolute atomic E-state index is 0.154. The lowest BCUT2D eigenvalue weighted by Crippen LogP contribution is -2.50. The minimum Gasteiger partial charge on any atom is -0.389 e. The van der Waals surface area contributed by atoms with Gasteiger partial charge in [0.1, 0.15) is 0 Å². The van der Waals surface area contributed by atoms with Gasteiger partial charge >= 0.3 is 0 Å². The third-order valence-electron chi connectivity index (χ3n) is 5.56. The molecule has 0 spiro atoms. The average Bonchev–Trinajstić information content (AvgIpc) is 3.04. The molecule has 0 aromatic carbocycles. The number of amides is 1. The Balaban J connectivity index is 1.41. The molecule has 0 radical (unpaired) electrons. The molecule has 1 heterocycles. The summed E-state index contributed by atoms with van der Waals surface area (Å²) >= 11 is 0. The summed E-state index contributed by atoms with van der Waals surface area (Å²) in [6.07, 6.45) is 12.7. The van der Waals surface area contributed by atoms with E-state index in [0.29, 0.717) is 6.04 Å². The van der Waals surface area contributed by atoms with Crippen LogP contribution in [0, 0.1) is 0 Å². The molecule has 3 rings (SSSR count). The lowest BCUT2D eigenvalue weighted by molar-refractivity contribution is -0.118. The van der Waals surface area contributed by atoms with Crippen LogP contribution in [0.4, 0.5) is 0 Å². The molecule has 4 heteroatoms. The van der Waals surface area contributed by atoms with Gasteiger partial charge in [0.25, 0.3) is 0 Å². The summed E-state index contributed by atoms with van der Waals surface area (Å²) in [5.41, 5.74) is 0.530. The SMILES string of the molecule is O=C(NC1CCN(CC2(O)CCCCC2)CC1)C1=CCCC1. The van der Waals surface area contributed by atoms with Gasteiger partial charge in [0.15, 0.2) is 0 Å². The highest BCUT2D eigenvalue weighted by atomic mass is 16.3. The van der Waals surface area contributed by atoms with Crippen LogP contribution in [0.25, 0.3) is 0 Å². The van der Waals surface area contributed by atoms with E-state index in [1.54, 1.807) is 0 Å². The second-order valence-corrected chi connectivity index (χ2v) is 7.43. The van der Waals surface area contributed by atoms with Crippen molar-refractivity contribution in [1.82, 2.24) is 10.2 Å². The number of β-amino-alcohol motifs (C(OH)–C–C–N with tert-alkyl or cyclic N) is 1. The topological polar surface area (TPSA) is 52.6 Å². The number of carbonyl (C=O) groups is 1. The van der Waals surface area contributed by atoms with Crippen molar-refractivity contribution in [2.24, 2.45) is 0 Å². The van der Waals surface area contributed by atoms with E-state index in [0.717, 1.165) is 83.0 Å². The van der Waals surface area contributed by atoms with Gasteiger partial charge in [0, 0.05) is 31.2 Å². The molecule has 2 aliphatic carbocycles. The van der Waals surface area contributed by atoms with E-state index in [9.17, 15) is 9.90 Å². The van der Waals surface area contributed by atoms with Crippen LogP contribution in [-0.4, -0.2) is 47.2 Å². The molecule has 0 aromatic heterocycles. The summed E-state index contributed by atoms with van der Waals surface area (Å²) < 4.78 is 0. The first-order valence-electron chi connectivity index (χ1n) is 9.09. The van der Waals surface area contributed by atoms with Crippen LogP contribution in [0.15, 0.2) is 11.6 Å². The van der Waals surface area contributed by atoms with Crippen molar-refractivity contribution in [2.75, 3.05) is 19.6 Å². The number of hydrogen-bond donors (Lipinski definition) is 2.